The van der Waals surface area contributed by atoms with Gasteiger partial charge >= 0.3 is 0 Å². The van der Waals surface area contributed by atoms with Gasteiger partial charge in [0, 0.05) is 13.1 Å². The molecule has 3 nitrogen and oxygen atoms in total. The molecule has 0 bridgehead atoms. The fourth-order valence-electron chi connectivity index (χ4n) is 1.15. The molecule has 0 aromatic heterocycles. The molecule has 1 atom stereocenters. The van der Waals surface area contributed by atoms with Crippen molar-refractivity contribution in [2.24, 2.45) is 5.41 Å². The zero-order valence-electron chi connectivity index (χ0n) is 10.3. The van der Waals surface area contributed by atoms with Crippen molar-refractivity contribution in [3.05, 3.63) is 0 Å². The largest absolute Gasteiger partial charge is 0.341 e. The van der Waals surface area contributed by atoms with E-state index in [1.54, 1.807) is 0 Å². The maximum atomic E-state index is 11.7. The lowest BCUT2D eigenvalue weighted by atomic mass is 9.87. The zero-order chi connectivity index (χ0) is 11.4. The molecule has 0 heterocycles. The fraction of sp³-hybridized carbons (Fsp3) is 0.909. The van der Waals surface area contributed by atoms with Crippen LogP contribution < -0.4 is 5.32 Å². The van der Waals surface area contributed by atoms with Gasteiger partial charge in [-0.25, -0.2) is 0 Å². The highest BCUT2D eigenvalue weighted by Crippen LogP contribution is 2.22. The topological polar surface area (TPSA) is 32.3 Å². The summed E-state index contributed by atoms with van der Waals surface area (Å²) in [5, 5.41) is 3.04. The van der Waals surface area contributed by atoms with Crippen molar-refractivity contribution in [2.45, 2.75) is 40.7 Å². The van der Waals surface area contributed by atoms with Crippen LogP contribution in [0.15, 0.2) is 0 Å². The lowest BCUT2D eigenvalue weighted by Gasteiger charge is -2.35. The molecule has 0 aromatic carbocycles. The van der Waals surface area contributed by atoms with Crippen LogP contribution >= 0.6 is 0 Å². The Bertz CT molecular complexity index is 184. The molecule has 0 radical (unpaired) electrons. The third-order valence-electron chi connectivity index (χ3n) is 2.75. The highest BCUT2D eigenvalue weighted by atomic mass is 16.2. The molecule has 1 unspecified atom stereocenters. The molecule has 0 aliphatic rings. The van der Waals surface area contributed by atoms with E-state index >= 15 is 0 Å². The second-order valence-electron chi connectivity index (χ2n) is 4.83. The van der Waals surface area contributed by atoms with Crippen molar-refractivity contribution in [1.29, 1.82) is 0 Å². The molecule has 3 heteroatoms. The Kier molecular flexibility index (Phi) is 5.13. The second kappa shape index (κ2) is 5.35. The third-order valence-corrected chi connectivity index (χ3v) is 2.75. The molecule has 1 amide bonds. The Morgan fingerprint density at radius 3 is 2.29 bits per heavy atom. The van der Waals surface area contributed by atoms with Gasteiger partial charge in [0.25, 0.3) is 0 Å². The monoisotopic (exact) mass is 200 g/mol. The SMILES string of the molecule is CCNCC(=O)N(C)C(C)C(C)(C)C. The Balaban J connectivity index is 4.18. The number of nitrogens with one attached hydrogen (secondary N) is 1. The Morgan fingerprint density at radius 1 is 1.43 bits per heavy atom. The molecule has 0 fully saturated rings. The van der Waals surface area contributed by atoms with Gasteiger partial charge in [0.15, 0.2) is 0 Å². The normalized spacial score (nSPS) is 13.9. The van der Waals surface area contributed by atoms with Crippen molar-refractivity contribution in [2.75, 3.05) is 20.1 Å². The van der Waals surface area contributed by atoms with E-state index in [1.165, 1.54) is 0 Å². The van der Waals surface area contributed by atoms with Crippen LogP contribution in [0.2, 0.25) is 0 Å². The molecule has 0 saturated carbocycles. The number of nitrogens with zero attached hydrogens (tertiary/aromatic N) is 1. The maximum absolute atomic E-state index is 11.7. The lowest BCUT2D eigenvalue weighted by Crippen LogP contribution is -2.46. The first-order valence-corrected chi connectivity index (χ1v) is 5.27. The smallest absolute Gasteiger partial charge is 0.236 e. The summed E-state index contributed by atoms with van der Waals surface area (Å²) in [5.74, 6) is 0.161. The summed E-state index contributed by atoms with van der Waals surface area (Å²) in [6, 6.07) is 0.258. The molecular formula is C11H24N2O. The van der Waals surface area contributed by atoms with Crippen molar-refractivity contribution >= 4 is 5.91 Å². The highest BCUT2D eigenvalue weighted by molar-refractivity contribution is 5.78. The summed E-state index contributed by atoms with van der Waals surface area (Å²) >= 11 is 0. The predicted molar refractivity (Wildman–Crippen MR) is 60.2 cm³/mol. The first-order valence-electron chi connectivity index (χ1n) is 5.27. The average Bonchev–Trinajstić information content (AvgIpc) is 2.10. The first kappa shape index (κ1) is 13.4. The van der Waals surface area contributed by atoms with Crippen LogP contribution in [0.5, 0.6) is 0 Å². The standard InChI is InChI=1S/C11H24N2O/c1-7-12-8-10(14)13(6)9(2)11(3,4)5/h9,12H,7-8H2,1-6H3. The summed E-state index contributed by atoms with van der Waals surface area (Å²) in [4.78, 5) is 13.5. The fourth-order valence-corrected chi connectivity index (χ4v) is 1.15. The molecule has 0 rings (SSSR count). The number of hydrogen-bond donors (Lipinski definition) is 1. The number of likely N-dealkylation sites (N-methyl/N-ethyl adjacent to an activating group) is 2. The second-order valence-corrected chi connectivity index (χ2v) is 4.83. The van der Waals surface area contributed by atoms with Gasteiger partial charge in [-0.3, -0.25) is 4.79 Å². The van der Waals surface area contributed by atoms with E-state index in [0.29, 0.717) is 6.54 Å². The molecule has 0 saturated heterocycles. The lowest BCUT2D eigenvalue weighted by molar-refractivity contribution is -0.132. The van der Waals surface area contributed by atoms with Crippen LogP contribution in [0.1, 0.15) is 34.6 Å². The summed E-state index contributed by atoms with van der Waals surface area (Å²) in [6.07, 6.45) is 0. The quantitative estimate of drug-likeness (QED) is 0.745. The zero-order valence-corrected chi connectivity index (χ0v) is 10.3. The Labute approximate surface area is 87.9 Å². The van der Waals surface area contributed by atoms with Crippen LogP contribution in [0, 0.1) is 5.41 Å². The molecule has 1 N–H and O–H groups in total. The van der Waals surface area contributed by atoms with Crippen LogP contribution in [0.25, 0.3) is 0 Å². The van der Waals surface area contributed by atoms with Crippen molar-refractivity contribution in [3.8, 4) is 0 Å². The summed E-state index contributed by atoms with van der Waals surface area (Å²) in [7, 11) is 1.87. The first-order chi connectivity index (χ1) is 6.30. The molecule has 14 heavy (non-hydrogen) atoms. The molecular weight excluding hydrogens is 176 g/mol. The van der Waals surface area contributed by atoms with Gasteiger partial charge in [0.2, 0.25) is 5.91 Å². The van der Waals surface area contributed by atoms with E-state index in [-0.39, 0.29) is 17.4 Å². The van der Waals surface area contributed by atoms with Crippen LogP contribution in [0.4, 0.5) is 0 Å². The number of carbonyl (C=O) groups is 1. The van der Waals surface area contributed by atoms with Crippen molar-refractivity contribution in [1.82, 2.24) is 10.2 Å². The van der Waals surface area contributed by atoms with Crippen LogP contribution in [0.3, 0.4) is 0 Å². The number of hydrogen-bond acceptors (Lipinski definition) is 2. The predicted octanol–water partition coefficient (Wildman–Crippen LogP) is 1.49. The van der Waals surface area contributed by atoms with Gasteiger partial charge in [-0.1, -0.05) is 27.7 Å². The minimum atomic E-state index is 0.136. The van der Waals surface area contributed by atoms with Crippen molar-refractivity contribution in [3.63, 3.8) is 0 Å². The van der Waals surface area contributed by atoms with E-state index < -0.39 is 0 Å². The van der Waals surface area contributed by atoms with Crippen molar-refractivity contribution < 1.29 is 4.79 Å². The summed E-state index contributed by atoms with van der Waals surface area (Å²) < 4.78 is 0. The molecule has 84 valence electrons. The molecule has 0 aliphatic carbocycles. The minimum Gasteiger partial charge on any atom is -0.341 e. The van der Waals surface area contributed by atoms with E-state index in [9.17, 15) is 4.79 Å². The van der Waals surface area contributed by atoms with E-state index in [1.807, 2.05) is 18.9 Å². The van der Waals surface area contributed by atoms with E-state index in [2.05, 4.69) is 33.0 Å². The number of amides is 1. The Morgan fingerprint density at radius 2 is 1.93 bits per heavy atom. The summed E-state index contributed by atoms with van der Waals surface area (Å²) in [6.45, 7) is 11.8. The van der Waals surface area contributed by atoms with Gasteiger partial charge in [-0.2, -0.15) is 0 Å². The molecule has 0 aromatic rings. The van der Waals surface area contributed by atoms with E-state index in [4.69, 9.17) is 0 Å². The van der Waals surface area contributed by atoms with Crippen LogP contribution in [-0.4, -0.2) is 37.0 Å². The van der Waals surface area contributed by atoms with Gasteiger partial charge in [-0.05, 0) is 18.9 Å². The van der Waals surface area contributed by atoms with Gasteiger partial charge < -0.3 is 10.2 Å². The van der Waals surface area contributed by atoms with Crippen LogP contribution in [-0.2, 0) is 4.79 Å². The minimum absolute atomic E-state index is 0.136. The number of carbonyl (C=O) groups excluding carboxylic acids is 1. The highest BCUT2D eigenvalue weighted by Gasteiger charge is 2.26. The van der Waals surface area contributed by atoms with Gasteiger partial charge in [0.05, 0.1) is 6.54 Å². The average molecular weight is 200 g/mol. The Hall–Kier alpha value is -0.570. The maximum Gasteiger partial charge on any atom is 0.236 e. The third kappa shape index (κ3) is 4.09. The van der Waals surface area contributed by atoms with Gasteiger partial charge in [-0.15, -0.1) is 0 Å². The molecule has 0 aliphatic heterocycles. The molecule has 0 spiro atoms. The van der Waals surface area contributed by atoms with Gasteiger partial charge in [0.1, 0.15) is 0 Å². The number of rotatable bonds is 4. The summed E-state index contributed by atoms with van der Waals surface area (Å²) in [5.41, 5.74) is 0.136. The van der Waals surface area contributed by atoms with E-state index in [0.717, 1.165) is 6.54 Å².